The second kappa shape index (κ2) is 23.0. The molecule has 0 saturated carbocycles. The normalized spacial score (nSPS) is 13.6. The van der Waals surface area contributed by atoms with E-state index in [0.29, 0.717) is 24.3 Å². The van der Waals surface area contributed by atoms with Crippen LogP contribution in [0.15, 0.2) is 163 Å². The molecule has 8 aromatic rings. The lowest BCUT2D eigenvalue weighted by Gasteiger charge is -2.16. The van der Waals surface area contributed by atoms with Gasteiger partial charge in [-0.3, -0.25) is 46.5 Å². The van der Waals surface area contributed by atoms with Gasteiger partial charge in [-0.2, -0.15) is 50.5 Å². The number of hydrogen-bond acceptors (Lipinski definition) is 17. The van der Waals surface area contributed by atoms with Gasteiger partial charge in [0.2, 0.25) is 0 Å². The molecule has 29 nitrogen and oxygen atoms in total. The van der Waals surface area contributed by atoms with Gasteiger partial charge in [0, 0.05) is 66.5 Å². The zero-order valence-electron chi connectivity index (χ0n) is 50.7. The van der Waals surface area contributed by atoms with E-state index in [9.17, 15) is 102 Å². The van der Waals surface area contributed by atoms with E-state index in [4.69, 9.17) is 11.0 Å². The van der Waals surface area contributed by atoms with E-state index in [1.165, 1.54) is 26.0 Å². The molecule has 86 heavy (non-hydrogen) atoms. The highest BCUT2D eigenvalue weighted by molar-refractivity contribution is 7.88. The van der Waals surface area contributed by atoms with E-state index in [1.54, 1.807) is 0 Å². The van der Waals surface area contributed by atoms with Crippen LogP contribution in [-0.2, 0) is 60.7 Å². The number of rotatable bonds is 16. The largest absolute Gasteiger partial charge is 0.323 e. The van der Waals surface area contributed by atoms with Gasteiger partial charge in [-0.25, -0.2) is 4.79 Å². The van der Waals surface area contributed by atoms with Gasteiger partial charge in [0.25, 0.3) is 84.3 Å². The summed E-state index contributed by atoms with van der Waals surface area (Å²) >= 11 is 0. The average Bonchev–Trinajstić information content (AvgIpc) is 0.750. The van der Waals surface area contributed by atoms with Crippen LogP contribution in [0.2, 0.25) is 0 Å². The first-order chi connectivity index (χ1) is 43.1. The van der Waals surface area contributed by atoms with E-state index in [-0.39, 0.29) is 34.6 Å². The third-order valence-corrected chi connectivity index (χ3v) is 17.1. The topological polar surface area (TPSA) is 484 Å². The molecular formula is C51H40N6O23S6. The molecule has 0 saturated heterocycles. The van der Waals surface area contributed by atoms with Gasteiger partial charge in [0.15, 0.2) is 0 Å². The summed E-state index contributed by atoms with van der Waals surface area (Å²) in [5.41, 5.74) is -6.33. The fraction of sp³-hybridized carbons (Fsp3) is 0.0392. The third-order valence-electron chi connectivity index (χ3n) is 11.9. The Bertz CT molecular complexity index is 5180. The first-order valence-electron chi connectivity index (χ1n) is 26.9. The van der Waals surface area contributed by atoms with Crippen molar-refractivity contribution in [2.24, 2.45) is 0 Å². The van der Waals surface area contributed by atoms with Crippen LogP contribution in [0.1, 0.15) is 63.5 Å². The lowest BCUT2D eigenvalue weighted by Crippen LogP contribution is -2.21. The summed E-state index contributed by atoms with van der Waals surface area (Å²) in [6, 6.07) is 0.349. The van der Waals surface area contributed by atoms with Gasteiger partial charge in [0.1, 0.15) is 19.6 Å². The van der Waals surface area contributed by atoms with Crippen molar-refractivity contribution in [1.82, 2.24) is 0 Å². The molecule has 35 heteroatoms. The summed E-state index contributed by atoms with van der Waals surface area (Å²) in [6.45, 7) is 2.74. The Balaban J connectivity index is 1.05. The fourth-order valence-corrected chi connectivity index (χ4v) is 12.1. The Hall–Kier alpha value is -9.11. The number of fused-ring (bicyclic) bond motifs is 2. The molecule has 0 heterocycles. The van der Waals surface area contributed by atoms with Crippen LogP contribution in [0.5, 0.6) is 0 Å². The summed E-state index contributed by atoms with van der Waals surface area (Å²) in [5.74, 6) is -5.18. The summed E-state index contributed by atoms with van der Waals surface area (Å²) in [7, 11) is -32.4. The molecule has 0 spiro atoms. The van der Waals surface area contributed by atoms with Crippen LogP contribution >= 0.6 is 0 Å². The Morgan fingerprint density at radius 3 is 1.01 bits per heavy atom. The number of benzene rings is 8. The molecule has 0 unspecified atom stereocenters. The summed E-state index contributed by atoms with van der Waals surface area (Å²) < 4.78 is 276. The maximum atomic E-state index is 14.0. The highest BCUT2D eigenvalue weighted by atomic mass is 32.2. The zero-order chi connectivity index (χ0) is 70.3. The molecule has 0 radical (unpaired) electrons. The van der Waals surface area contributed by atoms with Crippen molar-refractivity contribution in [1.29, 1.82) is 0 Å². The molecule has 12 N–H and O–H groups in total. The molecule has 0 aromatic heterocycles. The quantitative estimate of drug-likeness (QED) is 0.0445. The van der Waals surface area contributed by atoms with Gasteiger partial charge < -0.3 is 31.9 Å². The van der Waals surface area contributed by atoms with Crippen LogP contribution in [0.3, 0.4) is 0 Å². The van der Waals surface area contributed by atoms with Gasteiger partial charge in [-0.1, -0.05) is 24.2 Å². The highest BCUT2D eigenvalue weighted by Crippen LogP contribution is 2.39. The molecule has 0 aliphatic carbocycles. The van der Waals surface area contributed by atoms with E-state index < -0.39 is 235 Å². The Morgan fingerprint density at radius 1 is 0.360 bits per heavy atom. The first kappa shape index (κ1) is 52.4. The van der Waals surface area contributed by atoms with Crippen LogP contribution < -0.4 is 31.9 Å². The molecule has 0 bridgehead atoms. The number of urea groups is 1. The maximum absolute atomic E-state index is 14.0. The Morgan fingerprint density at radius 2 is 0.686 bits per heavy atom. The van der Waals surface area contributed by atoms with Crippen LogP contribution in [0.4, 0.5) is 38.9 Å². The predicted molar refractivity (Wildman–Crippen MR) is 306 cm³/mol. The molecule has 0 fully saturated rings. The SMILES string of the molecule is [2H]c1c([2H])c(NC(=O)Nc2c([2H])c([2H])c([2H])c(C(=O)Nc3cc(C(=O)Nc4ccc(S(=O)(=O)O)c5cc(S(=O)(=O)O)cc(S(=O)(=O)O)c45)ccc3C)c2[2H])c([2H])c(C(=O)Nc2cc(C(=O)Nc3ccc(S(=O)(=O)O)c4cc(S(=O)(=O)O)cc(S(=O)(=O)O)c34)ccc2C)c1[2H]. The Labute approximate surface area is 498 Å². The summed E-state index contributed by atoms with van der Waals surface area (Å²) in [6.07, 6.45) is 0. The fourth-order valence-electron chi connectivity index (χ4n) is 8.00. The standard InChI is InChI=1S/C51H40N6O23S6/c1-25-9-11-29(49(60)54-37-13-15-41(83(69,70)71)35-21-33(81(63,64)65)23-43(45(35)37)85(75,76)77)19-39(25)56-47(58)27-5-3-7-31(17-27)52-51(62)53-32-8-4-6-28(18-32)48(59)57-40-20-30(12-10-26(40)2)50(61)55-38-14-16-42(84(72,73)74)36-22-34(82(66,67)68)24-44(46(36)38)86(78,79)80/h3-24H,1-2H3,(H,54,60)(H,55,61)(H,56,58)(H,57,59)(H2,52,53,62)(H,63,64,65)(H,66,67,68)(H,69,70,71)(H,72,73,74)(H,75,76,77)(H,78,79,80)/i3D,4D,5D,6D,7D,8D,17D,18D. The third kappa shape index (κ3) is 14.0. The zero-order valence-corrected chi connectivity index (χ0v) is 47.6. The van der Waals surface area contributed by atoms with E-state index in [0.717, 1.165) is 36.4 Å². The minimum Gasteiger partial charge on any atom is -0.322 e. The van der Waals surface area contributed by atoms with E-state index >= 15 is 0 Å². The lowest BCUT2D eigenvalue weighted by atomic mass is 10.1. The number of carbonyl (C=O) groups excluding carboxylic acids is 5. The number of aryl methyl sites for hydroxylation is 2. The lowest BCUT2D eigenvalue weighted by molar-refractivity contribution is 0.101. The molecule has 0 aliphatic rings. The first-order valence-corrected chi connectivity index (χ1v) is 31.6. The minimum absolute atomic E-state index is 0.147. The predicted octanol–water partition coefficient (Wildman–Crippen LogP) is 6.74. The van der Waals surface area contributed by atoms with Crippen molar-refractivity contribution in [3.63, 3.8) is 0 Å². The van der Waals surface area contributed by atoms with Gasteiger partial charge >= 0.3 is 6.03 Å². The second-order valence-corrected chi connectivity index (χ2v) is 26.1. The Kier molecular flexibility index (Phi) is 14.1. The van der Waals surface area contributed by atoms with E-state index in [2.05, 4.69) is 21.3 Å². The smallest absolute Gasteiger partial charge is 0.322 e. The molecule has 8 aromatic carbocycles. The van der Waals surface area contributed by atoms with Crippen LogP contribution in [-0.4, -0.2) is 107 Å². The van der Waals surface area contributed by atoms with Gasteiger partial charge in [-0.05, 0) is 134 Å². The van der Waals surface area contributed by atoms with Crippen LogP contribution in [0, 0.1) is 13.8 Å². The van der Waals surface area contributed by atoms with Crippen molar-refractivity contribution in [2.45, 2.75) is 43.2 Å². The number of amides is 6. The monoisotopic (exact) mass is 1300 g/mol. The average molecular weight is 1310 g/mol. The number of carbonyl (C=O) groups is 5. The van der Waals surface area contributed by atoms with Crippen molar-refractivity contribution in [3.8, 4) is 0 Å². The van der Waals surface area contributed by atoms with Gasteiger partial charge in [-0.15, -0.1) is 0 Å². The van der Waals surface area contributed by atoms with E-state index in [1.807, 2.05) is 10.6 Å². The minimum atomic E-state index is -5.55. The molecule has 0 aliphatic heterocycles. The second-order valence-electron chi connectivity index (χ2n) is 17.7. The van der Waals surface area contributed by atoms with Crippen molar-refractivity contribution in [2.75, 3.05) is 31.9 Å². The highest BCUT2D eigenvalue weighted by Gasteiger charge is 2.30. The van der Waals surface area contributed by atoms with Crippen molar-refractivity contribution >= 4 is 146 Å². The molecular weight excluding hydrogens is 1260 g/mol. The van der Waals surface area contributed by atoms with Crippen LogP contribution in [0.25, 0.3) is 21.5 Å². The summed E-state index contributed by atoms with van der Waals surface area (Å²) in [5, 5.41) is 9.39. The molecule has 0 atom stereocenters. The molecule has 6 amide bonds. The number of nitrogens with one attached hydrogen (secondary N) is 6. The number of anilines is 6. The van der Waals surface area contributed by atoms with Crippen molar-refractivity contribution in [3.05, 3.63) is 167 Å². The number of hydrogen-bond donors (Lipinski definition) is 12. The molecule has 8 rings (SSSR count). The van der Waals surface area contributed by atoms with Gasteiger partial charge in [0.05, 0.1) is 32.1 Å². The molecule has 448 valence electrons. The maximum Gasteiger partial charge on any atom is 0.323 e. The summed E-state index contributed by atoms with van der Waals surface area (Å²) in [4.78, 5) is 61.8. The van der Waals surface area contributed by atoms with Crippen molar-refractivity contribution < 1.29 is 113 Å².